The van der Waals surface area contributed by atoms with Crippen LogP contribution < -0.4 is 0 Å². The smallest absolute Gasteiger partial charge is 0.336 e. The largest absolute Gasteiger partial charge is 0.478 e. The van der Waals surface area contributed by atoms with Crippen molar-refractivity contribution >= 4 is 28.5 Å². The Hall–Kier alpha value is -1.65. The molecule has 1 aromatic carbocycles. The molecule has 1 aliphatic rings. The second-order valence-electron chi connectivity index (χ2n) is 5.00. The van der Waals surface area contributed by atoms with E-state index in [2.05, 4.69) is 16.8 Å². The highest BCUT2D eigenvalue weighted by molar-refractivity contribution is 6.31. The summed E-state index contributed by atoms with van der Waals surface area (Å²) in [6, 6.07) is 5.19. The average molecular weight is 291 g/mol. The zero-order valence-electron chi connectivity index (χ0n) is 11.2. The summed E-state index contributed by atoms with van der Waals surface area (Å²) in [5.41, 5.74) is 2.78. The summed E-state index contributed by atoms with van der Waals surface area (Å²) in [6.07, 6.45) is 0.784. The molecule has 0 saturated heterocycles. The number of rotatable bonds is 2. The van der Waals surface area contributed by atoms with Crippen molar-refractivity contribution in [2.75, 3.05) is 13.1 Å². The van der Waals surface area contributed by atoms with Crippen LogP contribution in [0.4, 0.5) is 0 Å². The van der Waals surface area contributed by atoms with E-state index in [4.69, 9.17) is 11.6 Å². The van der Waals surface area contributed by atoms with Gasteiger partial charge in [-0.05, 0) is 18.7 Å². The fourth-order valence-electron chi connectivity index (χ4n) is 2.79. The maximum atomic E-state index is 11.7. The molecule has 0 amide bonds. The maximum absolute atomic E-state index is 11.7. The van der Waals surface area contributed by atoms with E-state index in [-0.39, 0.29) is 0 Å². The van der Waals surface area contributed by atoms with Gasteiger partial charge in [0.1, 0.15) is 0 Å². The Morgan fingerprint density at radius 3 is 3.00 bits per heavy atom. The molecule has 1 aliphatic heterocycles. The zero-order chi connectivity index (χ0) is 14.3. The normalized spacial score (nSPS) is 15.3. The Kier molecular flexibility index (Phi) is 3.36. The van der Waals surface area contributed by atoms with E-state index in [9.17, 15) is 9.90 Å². The second kappa shape index (κ2) is 5.04. The summed E-state index contributed by atoms with van der Waals surface area (Å²) >= 11 is 5.98. The molecule has 4 nitrogen and oxygen atoms in total. The molecule has 104 valence electrons. The predicted octanol–water partition coefficient (Wildman–Crippen LogP) is 2.96. The first kappa shape index (κ1) is 13.3. The van der Waals surface area contributed by atoms with Gasteiger partial charge in [-0.25, -0.2) is 4.79 Å². The van der Waals surface area contributed by atoms with Crippen molar-refractivity contribution in [3.05, 3.63) is 40.0 Å². The van der Waals surface area contributed by atoms with Crippen LogP contribution in [0.25, 0.3) is 10.9 Å². The molecule has 0 unspecified atom stereocenters. The molecular weight excluding hydrogens is 276 g/mol. The maximum Gasteiger partial charge on any atom is 0.336 e. The summed E-state index contributed by atoms with van der Waals surface area (Å²) in [4.78, 5) is 18.5. The fourth-order valence-corrected chi connectivity index (χ4v) is 2.95. The van der Waals surface area contributed by atoms with Crippen molar-refractivity contribution in [3.63, 3.8) is 0 Å². The third kappa shape index (κ3) is 2.15. The van der Waals surface area contributed by atoms with Crippen LogP contribution in [0.15, 0.2) is 18.2 Å². The van der Waals surface area contributed by atoms with Crippen molar-refractivity contribution in [3.8, 4) is 0 Å². The van der Waals surface area contributed by atoms with E-state index in [0.717, 1.165) is 30.8 Å². The van der Waals surface area contributed by atoms with Gasteiger partial charge in [-0.2, -0.15) is 0 Å². The summed E-state index contributed by atoms with van der Waals surface area (Å²) in [5, 5.41) is 10.8. The molecule has 5 heteroatoms. The number of benzene rings is 1. The number of halogens is 1. The average Bonchev–Trinajstić information content (AvgIpc) is 2.43. The van der Waals surface area contributed by atoms with Gasteiger partial charge in [-0.1, -0.05) is 24.6 Å². The van der Waals surface area contributed by atoms with E-state index >= 15 is 0 Å². The van der Waals surface area contributed by atoms with Gasteiger partial charge in [0.15, 0.2) is 0 Å². The molecule has 0 aliphatic carbocycles. The van der Waals surface area contributed by atoms with Gasteiger partial charge in [0.05, 0.1) is 11.1 Å². The lowest BCUT2D eigenvalue weighted by Gasteiger charge is -2.28. The quantitative estimate of drug-likeness (QED) is 0.924. The Bertz CT molecular complexity index is 700. The summed E-state index contributed by atoms with van der Waals surface area (Å²) in [6.45, 7) is 4.57. The number of carbonyl (C=O) groups is 1. The first-order chi connectivity index (χ1) is 9.60. The Morgan fingerprint density at radius 1 is 1.50 bits per heavy atom. The molecular formula is C15H15ClN2O2. The number of fused-ring (bicyclic) bond motifs is 2. The molecule has 0 radical (unpaired) electrons. The van der Waals surface area contributed by atoms with Crippen LogP contribution in [0.3, 0.4) is 0 Å². The highest BCUT2D eigenvalue weighted by Crippen LogP contribution is 2.29. The molecule has 20 heavy (non-hydrogen) atoms. The standard InChI is InChI=1S/C15H15ClN2O2/c1-2-18-6-5-12-11(8-18)14(15(19)20)10-4-3-9(16)7-13(10)17-12/h3-4,7H,2,5-6,8H2,1H3,(H,19,20). The predicted molar refractivity (Wildman–Crippen MR) is 78.4 cm³/mol. The monoisotopic (exact) mass is 290 g/mol. The minimum absolute atomic E-state index is 0.375. The molecule has 0 fully saturated rings. The first-order valence-corrected chi connectivity index (χ1v) is 7.04. The van der Waals surface area contributed by atoms with E-state index in [1.165, 1.54) is 0 Å². The van der Waals surface area contributed by atoms with Crippen LogP contribution in [0, 0.1) is 0 Å². The lowest BCUT2D eigenvalue weighted by molar-refractivity contribution is 0.0695. The Morgan fingerprint density at radius 2 is 2.30 bits per heavy atom. The van der Waals surface area contributed by atoms with Crippen molar-refractivity contribution in [2.45, 2.75) is 19.9 Å². The van der Waals surface area contributed by atoms with Crippen molar-refractivity contribution < 1.29 is 9.90 Å². The third-order valence-corrected chi connectivity index (χ3v) is 4.08. The number of nitrogens with zero attached hydrogens (tertiary/aromatic N) is 2. The van der Waals surface area contributed by atoms with Crippen LogP contribution in [-0.2, 0) is 13.0 Å². The van der Waals surface area contributed by atoms with E-state index in [0.29, 0.717) is 28.0 Å². The van der Waals surface area contributed by atoms with Crippen LogP contribution in [0.5, 0.6) is 0 Å². The highest BCUT2D eigenvalue weighted by Gasteiger charge is 2.24. The number of aromatic carboxylic acids is 1. The third-order valence-electron chi connectivity index (χ3n) is 3.84. The van der Waals surface area contributed by atoms with Crippen molar-refractivity contribution in [2.24, 2.45) is 0 Å². The molecule has 0 bridgehead atoms. The molecule has 1 N–H and O–H groups in total. The lowest BCUT2D eigenvalue weighted by atomic mass is 9.96. The molecule has 0 spiro atoms. The summed E-state index contributed by atoms with van der Waals surface area (Å²) in [7, 11) is 0. The summed E-state index contributed by atoms with van der Waals surface area (Å²) in [5.74, 6) is -0.895. The topological polar surface area (TPSA) is 53.4 Å². The number of hydrogen-bond acceptors (Lipinski definition) is 3. The molecule has 2 aromatic rings. The number of aromatic nitrogens is 1. The van der Waals surface area contributed by atoms with E-state index in [1.807, 2.05) is 0 Å². The van der Waals surface area contributed by atoms with Gasteiger partial charge in [0.2, 0.25) is 0 Å². The van der Waals surface area contributed by atoms with Gasteiger partial charge < -0.3 is 5.11 Å². The van der Waals surface area contributed by atoms with Crippen LogP contribution in [0.2, 0.25) is 5.02 Å². The molecule has 3 rings (SSSR count). The van der Waals surface area contributed by atoms with Crippen LogP contribution in [0.1, 0.15) is 28.5 Å². The minimum atomic E-state index is -0.895. The van der Waals surface area contributed by atoms with Gasteiger partial charge in [0.25, 0.3) is 0 Å². The number of likely N-dealkylation sites (N-methyl/N-ethyl adjacent to an activating group) is 1. The lowest BCUT2D eigenvalue weighted by Crippen LogP contribution is -2.32. The number of pyridine rings is 1. The number of carboxylic acids is 1. The van der Waals surface area contributed by atoms with E-state index < -0.39 is 5.97 Å². The molecule has 2 heterocycles. The van der Waals surface area contributed by atoms with E-state index in [1.54, 1.807) is 18.2 Å². The van der Waals surface area contributed by atoms with Crippen molar-refractivity contribution in [1.82, 2.24) is 9.88 Å². The summed E-state index contributed by atoms with van der Waals surface area (Å²) < 4.78 is 0. The first-order valence-electron chi connectivity index (χ1n) is 6.66. The van der Waals surface area contributed by atoms with Gasteiger partial charge in [0, 0.05) is 41.2 Å². The van der Waals surface area contributed by atoms with Crippen molar-refractivity contribution in [1.29, 1.82) is 0 Å². The number of hydrogen-bond donors (Lipinski definition) is 1. The minimum Gasteiger partial charge on any atom is -0.478 e. The Balaban J connectivity index is 2.29. The van der Waals surface area contributed by atoms with Crippen LogP contribution >= 0.6 is 11.6 Å². The van der Waals surface area contributed by atoms with Crippen LogP contribution in [-0.4, -0.2) is 34.0 Å². The Labute approximate surface area is 122 Å². The SMILES string of the molecule is CCN1CCc2nc3cc(Cl)ccc3c(C(=O)O)c2C1. The van der Waals surface area contributed by atoms with Gasteiger partial charge in [-0.15, -0.1) is 0 Å². The van der Waals surface area contributed by atoms with Gasteiger partial charge in [-0.3, -0.25) is 9.88 Å². The molecule has 0 saturated carbocycles. The molecule has 0 atom stereocenters. The highest BCUT2D eigenvalue weighted by atomic mass is 35.5. The molecule has 1 aromatic heterocycles. The second-order valence-corrected chi connectivity index (χ2v) is 5.43. The fraction of sp³-hybridized carbons (Fsp3) is 0.333. The zero-order valence-corrected chi connectivity index (χ0v) is 11.9. The van der Waals surface area contributed by atoms with Gasteiger partial charge >= 0.3 is 5.97 Å². The number of carboxylic acid groups (broad SMARTS) is 1.